The summed E-state index contributed by atoms with van der Waals surface area (Å²) in [6.45, 7) is 0.762. The lowest BCUT2D eigenvalue weighted by Gasteiger charge is -2.09. The molecule has 0 amide bonds. The third-order valence-electron chi connectivity index (χ3n) is 2.51. The molecule has 3 N–H and O–H groups in total. The zero-order chi connectivity index (χ0) is 13.0. The maximum Gasteiger partial charge on any atom is 0.124 e. The number of anilines is 1. The molecule has 0 saturated heterocycles. The van der Waals surface area contributed by atoms with Gasteiger partial charge in [0.15, 0.2) is 0 Å². The van der Waals surface area contributed by atoms with Gasteiger partial charge >= 0.3 is 0 Å². The Hall–Kier alpha value is -1.95. The number of nitrogens with two attached hydrogens (primary N) is 1. The minimum absolute atomic E-state index is 0.302. The van der Waals surface area contributed by atoms with Crippen LogP contribution in [0.15, 0.2) is 30.6 Å². The first-order valence-corrected chi connectivity index (χ1v) is 6.05. The van der Waals surface area contributed by atoms with Gasteiger partial charge in [0, 0.05) is 32.4 Å². The molecule has 2 aromatic heterocycles. The van der Waals surface area contributed by atoms with Crippen molar-refractivity contribution < 1.29 is 0 Å². The molecule has 0 aliphatic carbocycles. The molecule has 2 aromatic rings. The van der Waals surface area contributed by atoms with Gasteiger partial charge in [-0.3, -0.25) is 9.67 Å². The number of thiocarbonyl (C=S) groups is 1. The zero-order valence-electron chi connectivity index (χ0n) is 10.1. The predicted octanol–water partition coefficient (Wildman–Crippen LogP) is 1.10. The zero-order valence-corrected chi connectivity index (χ0v) is 10.9. The van der Waals surface area contributed by atoms with Crippen LogP contribution < -0.4 is 11.1 Å². The molecule has 0 fully saturated rings. The van der Waals surface area contributed by atoms with Crippen LogP contribution in [-0.2, 0) is 13.5 Å². The number of hydrogen-bond acceptors (Lipinski definition) is 4. The van der Waals surface area contributed by atoms with Crippen LogP contribution in [0.5, 0.6) is 0 Å². The van der Waals surface area contributed by atoms with Crippen molar-refractivity contribution in [2.45, 2.75) is 6.42 Å². The predicted molar refractivity (Wildman–Crippen MR) is 75.5 cm³/mol. The summed E-state index contributed by atoms with van der Waals surface area (Å²) in [6.07, 6.45) is 4.45. The summed E-state index contributed by atoms with van der Waals surface area (Å²) < 4.78 is 1.79. The number of rotatable bonds is 5. The average Bonchev–Trinajstić information content (AvgIpc) is 2.75. The summed E-state index contributed by atoms with van der Waals surface area (Å²) in [7, 11) is 1.91. The molecule has 6 heteroatoms. The Morgan fingerprint density at radius 3 is 3.00 bits per heavy atom. The van der Waals surface area contributed by atoms with Crippen molar-refractivity contribution in [3.8, 4) is 0 Å². The molecule has 0 aliphatic heterocycles. The maximum atomic E-state index is 5.61. The average molecular weight is 261 g/mol. The SMILES string of the molecule is Cn1ccc(CCNc2cccnc2C(N)=S)n1. The van der Waals surface area contributed by atoms with Crippen LogP contribution >= 0.6 is 12.2 Å². The molecule has 0 unspecified atom stereocenters. The van der Waals surface area contributed by atoms with E-state index >= 15 is 0 Å². The highest BCUT2D eigenvalue weighted by Crippen LogP contribution is 2.11. The van der Waals surface area contributed by atoms with Crippen molar-refractivity contribution in [2.24, 2.45) is 12.8 Å². The largest absolute Gasteiger partial charge is 0.388 e. The second kappa shape index (κ2) is 5.59. The summed E-state index contributed by atoms with van der Waals surface area (Å²) in [6, 6.07) is 5.77. The van der Waals surface area contributed by atoms with Crippen molar-refractivity contribution in [2.75, 3.05) is 11.9 Å². The highest BCUT2D eigenvalue weighted by atomic mass is 32.1. The standard InChI is InChI=1S/C12H15N5S/c1-17-8-5-9(16-17)4-7-14-10-3-2-6-15-11(10)12(13)18/h2-3,5-6,8,14H,4,7H2,1H3,(H2,13,18). The van der Waals surface area contributed by atoms with Gasteiger partial charge in [0.2, 0.25) is 0 Å². The van der Waals surface area contributed by atoms with Gasteiger partial charge in [0.1, 0.15) is 10.7 Å². The molecular weight excluding hydrogens is 246 g/mol. The van der Waals surface area contributed by atoms with E-state index in [4.69, 9.17) is 18.0 Å². The topological polar surface area (TPSA) is 68.8 Å². The molecule has 94 valence electrons. The molecule has 0 aliphatic rings. The van der Waals surface area contributed by atoms with Crippen LogP contribution in [0.1, 0.15) is 11.4 Å². The van der Waals surface area contributed by atoms with E-state index in [0.717, 1.165) is 24.3 Å². The van der Waals surface area contributed by atoms with Crippen molar-refractivity contribution in [3.05, 3.63) is 42.0 Å². The molecule has 18 heavy (non-hydrogen) atoms. The van der Waals surface area contributed by atoms with Crippen LogP contribution in [0.4, 0.5) is 5.69 Å². The highest BCUT2D eigenvalue weighted by molar-refractivity contribution is 7.80. The monoisotopic (exact) mass is 261 g/mol. The summed E-state index contributed by atoms with van der Waals surface area (Å²) >= 11 is 4.96. The van der Waals surface area contributed by atoms with E-state index in [1.54, 1.807) is 10.9 Å². The molecule has 2 rings (SSSR count). The number of aryl methyl sites for hydroxylation is 1. The van der Waals surface area contributed by atoms with Gasteiger partial charge in [-0.1, -0.05) is 12.2 Å². The fourth-order valence-electron chi connectivity index (χ4n) is 1.67. The summed E-state index contributed by atoms with van der Waals surface area (Å²) in [5.41, 5.74) is 8.16. The van der Waals surface area contributed by atoms with Crippen LogP contribution in [-0.4, -0.2) is 26.3 Å². The molecule has 0 atom stereocenters. The van der Waals surface area contributed by atoms with Gasteiger partial charge < -0.3 is 11.1 Å². The first kappa shape index (κ1) is 12.5. The van der Waals surface area contributed by atoms with Crippen LogP contribution in [0.2, 0.25) is 0 Å². The van der Waals surface area contributed by atoms with Gasteiger partial charge in [-0.05, 0) is 18.2 Å². The van der Waals surface area contributed by atoms with Crippen molar-refractivity contribution >= 4 is 22.9 Å². The normalized spacial score (nSPS) is 10.3. The fraction of sp³-hybridized carbons (Fsp3) is 0.250. The summed E-state index contributed by atoms with van der Waals surface area (Å²) in [5.74, 6) is 0. The minimum Gasteiger partial charge on any atom is -0.388 e. The molecule has 0 saturated carbocycles. The summed E-state index contributed by atoms with van der Waals surface area (Å²) in [5, 5.41) is 7.58. The van der Waals surface area contributed by atoms with E-state index in [0.29, 0.717) is 10.7 Å². The third-order valence-corrected chi connectivity index (χ3v) is 2.70. The third kappa shape index (κ3) is 3.04. The highest BCUT2D eigenvalue weighted by Gasteiger charge is 2.05. The lowest BCUT2D eigenvalue weighted by molar-refractivity contribution is 0.742. The van der Waals surface area contributed by atoms with Crippen molar-refractivity contribution in [1.82, 2.24) is 14.8 Å². The van der Waals surface area contributed by atoms with E-state index in [1.807, 2.05) is 31.4 Å². The van der Waals surface area contributed by atoms with Gasteiger partial charge in [-0.25, -0.2) is 0 Å². The Balaban J connectivity index is 1.96. The van der Waals surface area contributed by atoms with Crippen LogP contribution in [0.3, 0.4) is 0 Å². The molecule has 0 bridgehead atoms. The fourth-order valence-corrected chi connectivity index (χ4v) is 1.83. The Kier molecular flexibility index (Phi) is 3.88. The van der Waals surface area contributed by atoms with Crippen molar-refractivity contribution in [1.29, 1.82) is 0 Å². The van der Waals surface area contributed by atoms with E-state index < -0.39 is 0 Å². The lowest BCUT2D eigenvalue weighted by atomic mass is 10.2. The van der Waals surface area contributed by atoms with Gasteiger partial charge in [-0.2, -0.15) is 5.10 Å². The van der Waals surface area contributed by atoms with Gasteiger partial charge in [0.25, 0.3) is 0 Å². The Morgan fingerprint density at radius 1 is 1.50 bits per heavy atom. The second-order valence-corrected chi connectivity index (χ2v) is 4.36. The molecule has 5 nitrogen and oxygen atoms in total. The Labute approximate surface area is 111 Å². The van der Waals surface area contributed by atoms with Gasteiger partial charge in [-0.15, -0.1) is 0 Å². The smallest absolute Gasteiger partial charge is 0.124 e. The minimum atomic E-state index is 0.302. The van der Waals surface area contributed by atoms with E-state index in [2.05, 4.69) is 15.4 Å². The van der Waals surface area contributed by atoms with E-state index in [1.165, 1.54) is 0 Å². The number of pyridine rings is 1. The van der Waals surface area contributed by atoms with Crippen LogP contribution in [0, 0.1) is 0 Å². The first-order chi connectivity index (χ1) is 8.66. The summed E-state index contributed by atoms with van der Waals surface area (Å²) in [4.78, 5) is 4.46. The molecular formula is C12H15N5S. The Morgan fingerprint density at radius 2 is 2.33 bits per heavy atom. The number of hydrogen-bond donors (Lipinski definition) is 2. The Bertz CT molecular complexity index is 549. The molecule has 0 aromatic carbocycles. The second-order valence-electron chi connectivity index (χ2n) is 3.92. The number of aromatic nitrogens is 3. The number of nitrogens with one attached hydrogen (secondary N) is 1. The van der Waals surface area contributed by atoms with Gasteiger partial charge in [0.05, 0.1) is 11.4 Å². The first-order valence-electron chi connectivity index (χ1n) is 5.64. The van der Waals surface area contributed by atoms with E-state index in [-0.39, 0.29) is 0 Å². The van der Waals surface area contributed by atoms with Crippen molar-refractivity contribution in [3.63, 3.8) is 0 Å². The van der Waals surface area contributed by atoms with E-state index in [9.17, 15) is 0 Å². The molecule has 0 spiro atoms. The number of nitrogens with zero attached hydrogens (tertiary/aromatic N) is 3. The maximum absolute atomic E-state index is 5.61. The molecule has 2 heterocycles. The lowest BCUT2D eigenvalue weighted by Crippen LogP contribution is -2.16. The molecule has 0 radical (unpaired) electrons. The quantitative estimate of drug-likeness (QED) is 0.789. The van der Waals surface area contributed by atoms with Crippen LogP contribution in [0.25, 0.3) is 0 Å².